The van der Waals surface area contributed by atoms with Crippen LogP contribution in [0.5, 0.6) is 0 Å². The summed E-state index contributed by atoms with van der Waals surface area (Å²) in [7, 11) is 0. The van der Waals surface area contributed by atoms with Gasteiger partial charge in [-0.05, 0) is 29.7 Å². The highest BCUT2D eigenvalue weighted by atomic mass is 16.6. The first-order valence-corrected chi connectivity index (χ1v) is 6.54. The number of hydrogen-bond acceptors (Lipinski definition) is 5. The second kappa shape index (κ2) is 5.21. The van der Waals surface area contributed by atoms with Gasteiger partial charge < -0.3 is 4.90 Å². The maximum absolute atomic E-state index is 10.9. The summed E-state index contributed by atoms with van der Waals surface area (Å²) in [6, 6.07) is 10.5. The van der Waals surface area contributed by atoms with Crippen LogP contribution in [0.3, 0.4) is 0 Å². The Hall–Kier alpha value is -2.94. The van der Waals surface area contributed by atoms with Crippen molar-refractivity contribution in [3.05, 3.63) is 63.5 Å². The van der Waals surface area contributed by atoms with E-state index >= 15 is 0 Å². The number of hydrogen-bond donors (Lipinski definition) is 0. The number of fused-ring (bicyclic) bond motifs is 1. The van der Waals surface area contributed by atoms with E-state index in [9.17, 15) is 10.1 Å². The average Bonchev–Trinajstić information content (AvgIpc) is 2.54. The lowest BCUT2D eigenvalue weighted by molar-refractivity contribution is -0.384. The maximum atomic E-state index is 10.9. The SMILES string of the molecule is N#Cc1ccc(N2CCc3ccc([N+](=O)[O-])cc3C2)cn1. The first-order chi connectivity index (χ1) is 10.2. The van der Waals surface area contributed by atoms with Crippen molar-refractivity contribution in [2.45, 2.75) is 13.0 Å². The summed E-state index contributed by atoms with van der Waals surface area (Å²) in [5.74, 6) is 0. The Bertz CT molecular complexity index is 734. The van der Waals surface area contributed by atoms with E-state index in [4.69, 9.17) is 5.26 Å². The fraction of sp³-hybridized carbons (Fsp3) is 0.200. The summed E-state index contributed by atoms with van der Waals surface area (Å²) in [6.07, 6.45) is 2.51. The predicted octanol–water partition coefficient (Wildman–Crippen LogP) is 2.42. The van der Waals surface area contributed by atoms with Crippen LogP contribution >= 0.6 is 0 Å². The number of nitriles is 1. The Labute approximate surface area is 121 Å². The van der Waals surface area contributed by atoms with E-state index in [1.807, 2.05) is 18.2 Å². The standard InChI is InChI=1S/C15H12N4O2/c16-8-13-2-4-15(9-17-13)18-6-5-11-1-3-14(19(20)21)7-12(11)10-18/h1-4,7,9H,5-6,10H2. The third-order valence-electron chi connectivity index (χ3n) is 3.64. The molecule has 0 saturated heterocycles. The van der Waals surface area contributed by atoms with Gasteiger partial charge >= 0.3 is 0 Å². The molecule has 6 heteroatoms. The third kappa shape index (κ3) is 2.54. The molecule has 1 aromatic carbocycles. The zero-order valence-electron chi connectivity index (χ0n) is 11.2. The van der Waals surface area contributed by atoms with Crippen LogP contribution in [0.25, 0.3) is 0 Å². The van der Waals surface area contributed by atoms with Gasteiger partial charge in [0.15, 0.2) is 0 Å². The van der Waals surface area contributed by atoms with Gasteiger partial charge in [-0.3, -0.25) is 10.1 Å². The van der Waals surface area contributed by atoms with E-state index in [-0.39, 0.29) is 10.6 Å². The number of nitro groups is 1. The number of aromatic nitrogens is 1. The van der Waals surface area contributed by atoms with Crippen molar-refractivity contribution in [2.24, 2.45) is 0 Å². The molecule has 0 N–H and O–H groups in total. The monoisotopic (exact) mass is 280 g/mol. The van der Waals surface area contributed by atoms with Crippen LogP contribution < -0.4 is 4.90 Å². The fourth-order valence-electron chi connectivity index (χ4n) is 2.52. The van der Waals surface area contributed by atoms with E-state index in [1.54, 1.807) is 24.4 Å². The molecule has 0 fully saturated rings. The molecule has 0 atom stereocenters. The number of nitro benzene ring substituents is 1. The van der Waals surface area contributed by atoms with E-state index in [0.29, 0.717) is 12.2 Å². The van der Waals surface area contributed by atoms with E-state index in [0.717, 1.165) is 29.8 Å². The quantitative estimate of drug-likeness (QED) is 0.623. The minimum absolute atomic E-state index is 0.119. The third-order valence-corrected chi connectivity index (χ3v) is 3.64. The molecular formula is C15H12N4O2. The largest absolute Gasteiger partial charge is 0.366 e. The van der Waals surface area contributed by atoms with Crippen LogP contribution in [0.2, 0.25) is 0 Å². The van der Waals surface area contributed by atoms with Gasteiger partial charge in [-0.1, -0.05) is 6.07 Å². The number of rotatable bonds is 2. The highest BCUT2D eigenvalue weighted by molar-refractivity contribution is 5.51. The Morgan fingerprint density at radius 3 is 2.81 bits per heavy atom. The van der Waals surface area contributed by atoms with Crippen molar-refractivity contribution in [1.29, 1.82) is 5.26 Å². The van der Waals surface area contributed by atoms with Gasteiger partial charge in [0.05, 0.1) is 16.8 Å². The van der Waals surface area contributed by atoms with Crippen LogP contribution in [-0.4, -0.2) is 16.5 Å². The van der Waals surface area contributed by atoms with E-state index in [2.05, 4.69) is 9.88 Å². The Morgan fingerprint density at radius 2 is 2.14 bits per heavy atom. The van der Waals surface area contributed by atoms with E-state index < -0.39 is 0 Å². The van der Waals surface area contributed by atoms with Crippen LogP contribution in [0.1, 0.15) is 16.8 Å². The normalized spacial score (nSPS) is 13.4. The predicted molar refractivity (Wildman–Crippen MR) is 76.8 cm³/mol. The van der Waals surface area contributed by atoms with Gasteiger partial charge in [0.1, 0.15) is 11.8 Å². The molecule has 0 saturated carbocycles. The Balaban J connectivity index is 1.87. The fourth-order valence-corrected chi connectivity index (χ4v) is 2.52. The zero-order valence-corrected chi connectivity index (χ0v) is 11.2. The lowest BCUT2D eigenvalue weighted by Gasteiger charge is -2.30. The molecular weight excluding hydrogens is 268 g/mol. The van der Waals surface area contributed by atoms with Gasteiger partial charge in [0, 0.05) is 25.2 Å². The van der Waals surface area contributed by atoms with Crippen molar-refractivity contribution in [3.8, 4) is 6.07 Å². The van der Waals surface area contributed by atoms with Crippen LogP contribution in [0.4, 0.5) is 11.4 Å². The second-order valence-corrected chi connectivity index (χ2v) is 4.90. The molecule has 0 bridgehead atoms. The number of anilines is 1. The van der Waals surface area contributed by atoms with Crippen molar-refractivity contribution >= 4 is 11.4 Å². The van der Waals surface area contributed by atoms with Gasteiger partial charge in [-0.25, -0.2) is 4.98 Å². The van der Waals surface area contributed by atoms with Crippen molar-refractivity contribution in [3.63, 3.8) is 0 Å². The molecule has 1 aliphatic heterocycles. The minimum atomic E-state index is -0.373. The highest BCUT2D eigenvalue weighted by Crippen LogP contribution is 2.26. The van der Waals surface area contributed by atoms with Crippen LogP contribution in [0.15, 0.2) is 36.5 Å². The van der Waals surface area contributed by atoms with Gasteiger partial charge in [0.2, 0.25) is 0 Å². The van der Waals surface area contributed by atoms with Gasteiger partial charge in [0.25, 0.3) is 5.69 Å². The summed E-state index contributed by atoms with van der Waals surface area (Å²) in [5.41, 5.74) is 3.55. The summed E-state index contributed by atoms with van der Waals surface area (Å²) in [6.45, 7) is 1.45. The first kappa shape index (κ1) is 13.1. The molecule has 0 aliphatic carbocycles. The minimum Gasteiger partial charge on any atom is -0.366 e. The molecule has 104 valence electrons. The van der Waals surface area contributed by atoms with Crippen molar-refractivity contribution in [1.82, 2.24) is 4.98 Å². The van der Waals surface area contributed by atoms with E-state index in [1.165, 1.54) is 0 Å². The van der Waals surface area contributed by atoms with Gasteiger partial charge in [-0.15, -0.1) is 0 Å². The maximum Gasteiger partial charge on any atom is 0.269 e. The van der Waals surface area contributed by atoms with Crippen LogP contribution in [-0.2, 0) is 13.0 Å². The summed E-state index contributed by atoms with van der Waals surface area (Å²) < 4.78 is 0. The number of benzene rings is 1. The number of pyridine rings is 1. The molecule has 0 spiro atoms. The zero-order chi connectivity index (χ0) is 14.8. The molecule has 2 heterocycles. The molecule has 1 aliphatic rings. The molecule has 0 unspecified atom stereocenters. The summed E-state index contributed by atoms with van der Waals surface area (Å²) in [5, 5.41) is 19.6. The summed E-state index contributed by atoms with van der Waals surface area (Å²) >= 11 is 0. The smallest absolute Gasteiger partial charge is 0.269 e. The Morgan fingerprint density at radius 1 is 1.29 bits per heavy atom. The van der Waals surface area contributed by atoms with Gasteiger partial charge in [-0.2, -0.15) is 5.26 Å². The molecule has 21 heavy (non-hydrogen) atoms. The number of nitrogens with zero attached hydrogens (tertiary/aromatic N) is 4. The highest BCUT2D eigenvalue weighted by Gasteiger charge is 2.19. The van der Waals surface area contributed by atoms with Crippen LogP contribution in [0, 0.1) is 21.4 Å². The molecule has 3 rings (SSSR count). The molecule has 2 aromatic rings. The molecule has 0 amide bonds. The lowest BCUT2D eigenvalue weighted by Crippen LogP contribution is -2.30. The molecule has 6 nitrogen and oxygen atoms in total. The number of non-ortho nitro benzene ring substituents is 1. The average molecular weight is 280 g/mol. The first-order valence-electron chi connectivity index (χ1n) is 6.54. The van der Waals surface area contributed by atoms with Crippen molar-refractivity contribution in [2.75, 3.05) is 11.4 Å². The Kier molecular flexibility index (Phi) is 3.24. The summed E-state index contributed by atoms with van der Waals surface area (Å²) in [4.78, 5) is 16.7. The molecule has 1 aromatic heterocycles. The molecule has 0 radical (unpaired) electrons. The second-order valence-electron chi connectivity index (χ2n) is 4.90. The lowest BCUT2D eigenvalue weighted by atomic mass is 9.99. The topological polar surface area (TPSA) is 83.1 Å². The van der Waals surface area contributed by atoms with Crippen molar-refractivity contribution < 1.29 is 4.92 Å².